The third-order valence-electron chi connectivity index (χ3n) is 4.36. The minimum absolute atomic E-state index is 0.733. The zero-order valence-corrected chi connectivity index (χ0v) is 17.9. The second-order valence-electron chi connectivity index (χ2n) is 6.15. The van der Waals surface area contributed by atoms with Crippen molar-refractivity contribution in [3.05, 3.63) is 71.1 Å². The van der Waals surface area contributed by atoms with E-state index in [0.29, 0.717) is 0 Å². The van der Waals surface area contributed by atoms with E-state index in [4.69, 9.17) is 9.72 Å². The van der Waals surface area contributed by atoms with Gasteiger partial charge in [-0.25, -0.2) is 4.98 Å². The molecule has 0 radical (unpaired) electrons. The van der Waals surface area contributed by atoms with Crippen molar-refractivity contribution in [1.29, 1.82) is 0 Å². The molecule has 2 aromatic carbocycles. The Labute approximate surface area is 180 Å². The van der Waals surface area contributed by atoms with E-state index in [0.717, 1.165) is 43.6 Å². The van der Waals surface area contributed by atoms with Gasteiger partial charge in [0.2, 0.25) is 0 Å². The fourth-order valence-electron chi connectivity index (χ4n) is 3.07. The van der Waals surface area contributed by atoms with Crippen molar-refractivity contribution < 1.29 is 4.74 Å². The van der Waals surface area contributed by atoms with E-state index < -0.39 is 0 Å². The van der Waals surface area contributed by atoms with Crippen molar-refractivity contribution in [2.75, 3.05) is 7.11 Å². The molecule has 0 bridgehead atoms. The molecule has 5 rings (SSSR count). The number of fused-ring (bicyclic) bond motifs is 1. The van der Waals surface area contributed by atoms with Crippen LogP contribution in [0.3, 0.4) is 0 Å². The highest BCUT2D eigenvalue weighted by molar-refractivity contribution is 7.98. The van der Waals surface area contributed by atoms with Gasteiger partial charge >= 0.3 is 0 Å². The molecule has 0 amide bonds. The van der Waals surface area contributed by atoms with Crippen molar-refractivity contribution in [3.63, 3.8) is 0 Å². The maximum absolute atomic E-state index is 5.61. The zero-order chi connectivity index (χ0) is 19.6. The molecule has 5 nitrogen and oxygen atoms in total. The van der Waals surface area contributed by atoms with Crippen LogP contribution in [0.1, 0.15) is 5.01 Å². The number of methoxy groups -OCH3 is 1. The Morgan fingerprint density at radius 3 is 2.69 bits per heavy atom. The molecule has 0 aliphatic rings. The monoisotopic (exact) mass is 436 g/mol. The highest BCUT2D eigenvalue weighted by Crippen LogP contribution is 2.35. The van der Waals surface area contributed by atoms with Crippen molar-refractivity contribution >= 4 is 44.7 Å². The lowest BCUT2D eigenvalue weighted by Gasteiger charge is -2.13. The summed E-state index contributed by atoms with van der Waals surface area (Å²) >= 11 is 5.00. The number of nitrogens with zero attached hydrogens (tertiary/aromatic N) is 4. The first-order valence-electron chi connectivity index (χ1n) is 8.93. The summed E-state index contributed by atoms with van der Waals surface area (Å²) < 4.78 is 8.88. The Balaban J connectivity index is 1.54. The summed E-state index contributed by atoms with van der Waals surface area (Å²) in [7, 11) is 1.68. The Hall–Kier alpha value is -2.68. The molecule has 8 heteroatoms. The number of rotatable bonds is 6. The van der Waals surface area contributed by atoms with E-state index in [1.807, 2.05) is 53.9 Å². The summed E-state index contributed by atoms with van der Waals surface area (Å²) in [6, 6.07) is 20.2. The number of hydrogen-bond acceptors (Lipinski definition) is 7. The summed E-state index contributed by atoms with van der Waals surface area (Å²) in [6.45, 7) is 0. The van der Waals surface area contributed by atoms with Crippen LogP contribution < -0.4 is 4.74 Å². The number of aromatic nitrogens is 4. The predicted molar refractivity (Wildman–Crippen MR) is 120 cm³/mol. The number of ether oxygens (including phenoxy) is 1. The average molecular weight is 437 g/mol. The SMILES string of the molecule is COc1ccccc1-n1c(SCc2nc3ccccc3s2)nnc1-c1cccs1. The number of para-hydroxylation sites is 3. The first-order valence-corrected chi connectivity index (χ1v) is 11.6. The smallest absolute Gasteiger partial charge is 0.196 e. The van der Waals surface area contributed by atoms with Crippen LogP contribution in [0.2, 0.25) is 0 Å². The molecule has 3 heterocycles. The van der Waals surface area contributed by atoms with Crippen molar-refractivity contribution in [2.24, 2.45) is 0 Å². The average Bonchev–Trinajstić information content (AvgIpc) is 3.50. The van der Waals surface area contributed by atoms with Gasteiger partial charge in [-0.05, 0) is 35.7 Å². The van der Waals surface area contributed by atoms with E-state index >= 15 is 0 Å². The molecule has 0 aliphatic carbocycles. The Morgan fingerprint density at radius 2 is 1.86 bits per heavy atom. The van der Waals surface area contributed by atoms with Crippen LogP contribution in [0.15, 0.2) is 71.2 Å². The van der Waals surface area contributed by atoms with Gasteiger partial charge in [-0.15, -0.1) is 32.9 Å². The van der Waals surface area contributed by atoms with E-state index in [-0.39, 0.29) is 0 Å². The van der Waals surface area contributed by atoms with E-state index in [2.05, 4.69) is 26.9 Å². The molecule has 0 spiro atoms. The van der Waals surface area contributed by atoms with Crippen LogP contribution >= 0.6 is 34.4 Å². The first kappa shape index (κ1) is 18.4. The summed E-state index contributed by atoms with van der Waals surface area (Å²) in [5.74, 6) is 2.33. The molecule has 0 unspecified atom stereocenters. The van der Waals surface area contributed by atoms with E-state index in [1.54, 1.807) is 41.5 Å². The van der Waals surface area contributed by atoms with Gasteiger partial charge in [0, 0.05) is 0 Å². The molecular formula is C21H16N4OS3. The minimum atomic E-state index is 0.733. The Kier molecular flexibility index (Phi) is 5.05. The summed E-state index contributed by atoms with van der Waals surface area (Å²) in [6.07, 6.45) is 0. The van der Waals surface area contributed by atoms with Crippen molar-refractivity contribution in [1.82, 2.24) is 19.7 Å². The quantitative estimate of drug-likeness (QED) is 0.310. The van der Waals surface area contributed by atoms with Crippen LogP contribution in [0.5, 0.6) is 5.75 Å². The second kappa shape index (κ2) is 7.98. The second-order valence-corrected chi connectivity index (χ2v) is 9.16. The number of thiazole rings is 1. The minimum Gasteiger partial charge on any atom is -0.495 e. The van der Waals surface area contributed by atoms with Crippen LogP contribution in [0.4, 0.5) is 0 Å². The summed E-state index contributed by atoms with van der Waals surface area (Å²) in [5.41, 5.74) is 1.97. The fraction of sp³-hybridized carbons (Fsp3) is 0.0952. The summed E-state index contributed by atoms with van der Waals surface area (Å²) in [4.78, 5) is 5.80. The van der Waals surface area contributed by atoms with Crippen LogP contribution in [0.25, 0.3) is 26.6 Å². The highest BCUT2D eigenvalue weighted by atomic mass is 32.2. The standard InChI is InChI=1S/C21H16N4OS3/c1-26-16-9-4-3-8-15(16)25-20(18-11-6-12-27-18)23-24-21(25)28-13-19-22-14-7-2-5-10-17(14)29-19/h2-12H,13H2,1H3. The van der Waals surface area contributed by atoms with Crippen LogP contribution in [-0.4, -0.2) is 26.9 Å². The Bertz CT molecular complexity index is 1230. The highest BCUT2D eigenvalue weighted by Gasteiger charge is 2.20. The van der Waals surface area contributed by atoms with Crippen LogP contribution in [-0.2, 0) is 5.75 Å². The van der Waals surface area contributed by atoms with Gasteiger partial charge in [-0.2, -0.15) is 0 Å². The molecule has 0 saturated heterocycles. The largest absolute Gasteiger partial charge is 0.495 e. The molecule has 144 valence electrons. The lowest BCUT2D eigenvalue weighted by Crippen LogP contribution is -2.01. The fourth-order valence-corrected chi connectivity index (χ4v) is 5.67. The molecule has 0 atom stereocenters. The zero-order valence-electron chi connectivity index (χ0n) is 15.5. The van der Waals surface area contributed by atoms with Crippen molar-refractivity contribution in [2.45, 2.75) is 10.9 Å². The lowest BCUT2D eigenvalue weighted by atomic mass is 10.3. The lowest BCUT2D eigenvalue weighted by molar-refractivity contribution is 0.412. The molecule has 0 saturated carbocycles. The maximum Gasteiger partial charge on any atom is 0.196 e. The van der Waals surface area contributed by atoms with Gasteiger partial charge in [0.05, 0.1) is 33.6 Å². The Morgan fingerprint density at radius 1 is 1.00 bits per heavy atom. The van der Waals surface area contributed by atoms with E-state index in [1.165, 1.54) is 4.70 Å². The summed E-state index contributed by atoms with van der Waals surface area (Å²) in [5, 5.41) is 12.9. The number of thiophene rings is 1. The first-order chi connectivity index (χ1) is 14.3. The molecule has 0 fully saturated rings. The van der Waals surface area contributed by atoms with Gasteiger partial charge in [-0.3, -0.25) is 4.57 Å². The number of thioether (sulfide) groups is 1. The van der Waals surface area contributed by atoms with Gasteiger partial charge in [-0.1, -0.05) is 42.1 Å². The normalized spacial score (nSPS) is 11.2. The van der Waals surface area contributed by atoms with Crippen LogP contribution in [0, 0.1) is 0 Å². The predicted octanol–water partition coefficient (Wildman–Crippen LogP) is 5.91. The topological polar surface area (TPSA) is 52.8 Å². The molecule has 0 aliphatic heterocycles. The molecule has 0 N–H and O–H groups in total. The molecule has 29 heavy (non-hydrogen) atoms. The molecular weight excluding hydrogens is 420 g/mol. The number of benzene rings is 2. The number of hydrogen-bond donors (Lipinski definition) is 0. The maximum atomic E-state index is 5.61. The molecule has 3 aromatic heterocycles. The third kappa shape index (κ3) is 3.55. The van der Waals surface area contributed by atoms with E-state index in [9.17, 15) is 0 Å². The third-order valence-corrected chi connectivity index (χ3v) is 7.39. The van der Waals surface area contributed by atoms with Gasteiger partial charge < -0.3 is 4.74 Å². The van der Waals surface area contributed by atoms with Gasteiger partial charge in [0.1, 0.15) is 10.8 Å². The molecule has 5 aromatic rings. The van der Waals surface area contributed by atoms with Crippen molar-refractivity contribution in [3.8, 4) is 22.1 Å². The van der Waals surface area contributed by atoms with Gasteiger partial charge in [0.15, 0.2) is 11.0 Å². The van der Waals surface area contributed by atoms with Gasteiger partial charge in [0.25, 0.3) is 0 Å².